The molecule has 6 aromatic rings. The van der Waals surface area contributed by atoms with Gasteiger partial charge in [-0.15, -0.1) is 0 Å². The van der Waals surface area contributed by atoms with Gasteiger partial charge in [0, 0.05) is 33.5 Å². The summed E-state index contributed by atoms with van der Waals surface area (Å²) in [4.78, 5) is 15.0. The van der Waals surface area contributed by atoms with Crippen LogP contribution in [0.3, 0.4) is 0 Å². The SMILES string of the molecule is C/N=C(\C=C(/I)c1ccccc1)c1cc(-c2cc(-c3ccccc3)nc(-c3ccccc3)c2)cc(C2CC(c3ccccc3)=CC=N2)c1. The van der Waals surface area contributed by atoms with Crippen molar-refractivity contribution in [2.45, 2.75) is 12.5 Å². The predicted molar refractivity (Wildman–Crippen MR) is 212 cm³/mol. The fourth-order valence-corrected chi connectivity index (χ4v) is 6.74. The second kappa shape index (κ2) is 14.7. The molecule has 5 aromatic carbocycles. The summed E-state index contributed by atoms with van der Waals surface area (Å²) in [6.45, 7) is 0. The van der Waals surface area contributed by atoms with Gasteiger partial charge in [0.1, 0.15) is 0 Å². The predicted octanol–water partition coefficient (Wildman–Crippen LogP) is 11.6. The first-order valence-electron chi connectivity index (χ1n) is 16.1. The van der Waals surface area contributed by atoms with E-state index in [1.54, 1.807) is 0 Å². The minimum atomic E-state index is -0.0248. The maximum Gasteiger partial charge on any atom is 0.0789 e. The third-order valence-electron chi connectivity index (χ3n) is 8.59. The van der Waals surface area contributed by atoms with E-state index in [1.165, 1.54) is 16.7 Å². The number of allylic oxidation sites excluding steroid dienone is 2. The molecule has 0 saturated heterocycles. The van der Waals surface area contributed by atoms with E-state index in [-0.39, 0.29) is 6.04 Å². The molecule has 0 amide bonds. The molecule has 1 aliphatic rings. The molecule has 7 rings (SSSR count). The number of benzene rings is 5. The number of hydrogen-bond donors (Lipinski definition) is 0. The molecule has 3 nitrogen and oxygen atoms in total. The monoisotopic (exact) mass is 731 g/mol. The Balaban J connectivity index is 1.38. The molecule has 1 aliphatic heterocycles. The average molecular weight is 732 g/mol. The van der Waals surface area contributed by atoms with E-state index in [1.807, 2.05) is 31.5 Å². The average Bonchev–Trinajstić information content (AvgIpc) is 3.18. The molecule has 2 heterocycles. The number of nitrogens with zero attached hydrogens (tertiary/aromatic N) is 3. The summed E-state index contributed by atoms with van der Waals surface area (Å²) in [5, 5.41) is 0. The van der Waals surface area contributed by atoms with Gasteiger partial charge in [-0.25, -0.2) is 4.98 Å². The highest BCUT2D eigenvalue weighted by atomic mass is 127. The molecule has 4 heteroatoms. The first-order chi connectivity index (χ1) is 23.6. The molecule has 48 heavy (non-hydrogen) atoms. The molecule has 0 saturated carbocycles. The summed E-state index contributed by atoms with van der Waals surface area (Å²) in [6, 6.07) is 53.1. The molecule has 0 aliphatic carbocycles. The Kier molecular flexibility index (Phi) is 9.62. The van der Waals surface area contributed by atoms with Gasteiger partial charge in [-0.1, -0.05) is 121 Å². The van der Waals surface area contributed by atoms with Crippen molar-refractivity contribution in [1.82, 2.24) is 4.98 Å². The zero-order valence-corrected chi connectivity index (χ0v) is 28.8. The molecule has 232 valence electrons. The van der Waals surface area contributed by atoms with Crippen LogP contribution in [0.25, 0.3) is 42.8 Å². The smallest absolute Gasteiger partial charge is 0.0789 e. The van der Waals surface area contributed by atoms with Crippen LogP contribution in [-0.4, -0.2) is 24.0 Å². The minimum Gasteiger partial charge on any atom is -0.288 e. The van der Waals surface area contributed by atoms with Gasteiger partial charge in [0.2, 0.25) is 0 Å². The second-order valence-corrected chi connectivity index (χ2v) is 12.9. The van der Waals surface area contributed by atoms with E-state index in [9.17, 15) is 0 Å². The third-order valence-corrected chi connectivity index (χ3v) is 9.52. The highest BCUT2D eigenvalue weighted by Crippen LogP contribution is 2.37. The molecule has 1 aromatic heterocycles. The van der Waals surface area contributed by atoms with Gasteiger partial charge in [0.25, 0.3) is 0 Å². The first-order valence-corrected chi connectivity index (χ1v) is 17.2. The van der Waals surface area contributed by atoms with Crippen LogP contribution in [0.4, 0.5) is 0 Å². The second-order valence-electron chi connectivity index (χ2n) is 11.7. The van der Waals surface area contributed by atoms with Gasteiger partial charge in [0.05, 0.1) is 23.1 Å². The van der Waals surface area contributed by atoms with Crippen molar-refractivity contribution >= 4 is 43.7 Å². The van der Waals surface area contributed by atoms with Crippen LogP contribution in [0.15, 0.2) is 174 Å². The molecule has 0 radical (unpaired) electrons. The summed E-state index contributed by atoms with van der Waals surface area (Å²) in [5.41, 5.74) is 13.1. The zero-order valence-electron chi connectivity index (χ0n) is 26.7. The van der Waals surface area contributed by atoms with Crippen molar-refractivity contribution in [2.75, 3.05) is 7.05 Å². The first kappa shape index (κ1) is 31.4. The summed E-state index contributed by atoms with van der Waals surface area (Å²) >= 11 is 2.42. The van der Waals surface area contributed by atoms with E-state index in [0.29, 0.717) is 0 Å². The Morgan fingerprint density at radius 1 is 0.625 bits per heavy atom. The van der Waals surface area contributed by atoms with Gasteiger partial charge >= 0.3 is 0 Å². The summed E-state index contributed by atoms with van der Waals surface area (Å²) in [6.07, 6.45) is 7.10. The minimum absolute atomic E-state index is 0.0248. The van der Waals surface area contributed by atoms with Crippen LogP contribution in [-0.2, 0) is 0 Å². The summed E-state index contributed by atoms with van der Waals surface area (Å²) < 4.78 is 1.13. The molecule has 0 spiro atoms. The molecule has 1 atom stereocenters. The molecular weight excluding hydrogens is 697 g/mol. The van der Waals surface area contributed by atoms with Crippen LogP contribution in [0.2, 0.25) is 0 Å². The van der Waals surface area contributed by atoms with Crippen LogP contribution >= 0.6 is 22.6 Å². The lowest BCUT2D eigenvalue weighted by atomic mass is 9.89. The van der Waals surface area contributed by atoms with Crippen molar-refractivity contribution in [3.8, 4) is 33.6 Å². The van der Waals surface area contributed by atoms with Gasteiger partial charge in [-0.3, -0.25) is 9.98 Å². The van der Waals surface area contributed by atoms with E-state index in [2.05, 4.69) is 168 Å². The molecule has 0 bridgehead atoms. The Hall–Kier alpha value is -5.20. The van der Waals surface area contributed by atoms with Crippen LogP contribution in [0.1, 0.15) is 34.7 Å². The Morgan fingerprint density at radius 2 is 1.17 bits per heavy atom. The standard InChI is InChI=1S/C44H34IN3/c1-46-41(30-40(45)32-16-8-3-9-17-32)38-24-36(25-39(26-38)42-27-35(22-23-47-42)31-14-6-2-7-15-31)37-28-43(33-18-10-4-11-19-33)48-44(29-37)34-20-12-5-13-21-34/h2-26,28-30,42H,27H2,1H3/b40-30-,46-41+. The number of dihydropyridines is 1. The van der Waals surface area contributed by atoms with E-state index in [4.69, 9.17) is 15.0 Å². The van der Waals surface area contributed by atoms with E-state index in [0.717, 1.165) is 60.5 Å². The highest BCUT2D eigenvalue weighted by molar-refractivity contribution is 14.1. The maximum absolute atomic E-state index is 5.14. The normalized spacial score (nSPS) is 14.9. The number of rotatable bonds is 8. The zero-order chi connectivity index (χ0) is 32.7. The number of pyridine rings is 1. The number of halogens is 1. The van der Waals surface area contributed by atoms with Gasteiger partial charge in [0.15, 0.2) is 0 Å². The molecule has 0 fully saturated rings. The van der Waals surface area contributed by atoms with Gasteiger partial charge in [-0.05, 0) is 105 Å². The fourth-order valence-electron chi connectivity index (χ4n) is 6.08. The Bertz CT molecular complexity index is 2090. The summed E-state index contributed by atoms with van der Waals surface area (Å²) in [7, 11) is 1.87. The van der Waals surface area contributed by atoms with Crippen molar-refractivity contribution in [1.29, 1.82) is 0 Å². The molecule has 1 unspecified atom stereocenters. The lowest BCUT2D eigenvalue weighted by Crippen LogP contribution is -2.06. The van der Waals surface area contributed by atoms with Gasteiger partial charge < -0.3 is 0 Å². The van der Waals surface area contributed by atoms with Crippen molar-refractivity contribution in [3.05, 3.63) is 186 Å². The van der Waals surface area contributed by atoms with E-state index < -0.39 is 0 Å². The molecule has 0 N–H and O–H groups in total. The quantitative estimate of drug-likeness (QED) is 0.113. The summed E-state index contributed by atoms with van der Waals surface area (Å²) in [5.74, 6) is 0. The topological polar surface area (TPSA) is 37.6 Å². The number of aliphatic imine (C=N–C) groups is 2. The maximum atomic E-state index is 5.14. The van der Waals surface area contributed by atoms with Crippen molar-refractivity contribution < 1.29 is 0 Å². The molecular formula is C44H34IN3. The van der Waals surface area contributed by atoms with Crippen LogP contribution in [0.5, 0.6) is 0 Å². The van der Waals surface area contributed by atoms with E-state index >= 15 is 0 Å². The fraction of sp³-hybridized carbons (Fsp3) is 0.0682. The van der Waals surface area contributed by atoms with Crippen LogP contribution < -0.4 is 0 Å². The largest absolute Gasteiger partial charge is 0.288 e. The Labute approximate surface area is 296 Å². The Morgan fingerprint density at radius 3 is 1.75 bits per heavy atom. The number of hydrogen-bond acceptors (Lipinski definition) is 3. The highest BCUT2D eigenvalue weighted by Gasteiger charge is 2.20. The lowest BCUT2D eigenvalue weighted by molar-refractivity contribution is 0.752. The number of aromatic nitrogens is 1. The lowest BCUT2D eigenvalue weighted by Gasteiger charge is -2.21. The van der Waals surface area contributed by atoms with Crippen molar-refractivity contribution in [2.24, 2.45) is 9.98 Å². The van der Waals surface area contributed by atoms with Gasteiger partial charge in [-0.2, -0.15) is 0 Å². The van der Waals surface area contributed by atoms with Crippen molar-refractivity contribution in [3.63, 3.8) is 0 Å². The van der Waals surface area contributed by atoms with Crippen LogP contribution in [0, 0.1) is 0 Å². The third kappa shape index (κ3) is 7.19.